The van der Waals surface area contributed by atoms with Gasteiger partial charge >= 0.3 is 0 Å². The first kappa shape index (κ1) is 16.1. The molecule has 0 amide bonds. The number of rotatable bonds is 5. The van der Waals surface area contributed by atoms with Crippen LogP contribution in [0.15, 0.2) is 59.7 Å². The summed E-state index contributed by atoms with van der Waals surface area (Å²) in [7, 11) is 0. The molecular weight excluding hydrogens is 318 g/mol. The standard InChI is InChI=1S/C16H14ClN3OS/c1-11(21)15(16(22)18-13-5-3-2-4-6-13)20-19-14-9-7-12(17)8-10-14/h2-10,19H,1H3,(H,18,22)/b20-15+. The molecule has 0 unspecified atom stereocenters. The fraction of sp³-hybridized carbons (Fsp3) is 0.0625. The summed E-state index contributed by atoms with van der Waals surface area (Å²) in [6, 6.07) is 16.3. The number of hydrazone groups is 1. The number of para-hydroxylation sites is 1. The van der Waals surface area contributed by atoms with Crippen LogP contribution in [-0.2, 0) is 4.79 Å². The average molecular weight is 332 g/mol. The summed E-state index contributed by atoms with van der Waals surface area (Å²) in [6.45, 7) is 1.42. The second-order valence-corrected chi connectivity index (χ2v) is 5.30. The van der Waals surface area contributed by atoms with Crippen LogP contribution in [0, 0.1) is 0 Å². The molecule has 0 aliphatic heterocycles. The molecule has 2 N–H and O–H groups in total. The van der Waals surface area contributed by atoms with E-state index in [1.54, 1.807) is 24.3 Å². The number of anilines is 2. The van der Waals surface area contributed by atoms with Gasteiger partial charge in [0.15, 0.2) is 11.5 Å². The monoisotopic (exact) mass is 331 g/mol. The fourth-order valence-corrected chi connectivity index (χ4v) is 2.08. The Labute approximate surface area is 139 Å². The van der Waals surface area contributed by atoms with Crippen molar-refractivity contribution in [3.8, 4) is 0 Å². The molecule has 0 saturated carbocycles. The number of Topliss-reactive ketones (excluding diaryl/α,β-unsaturated/α-hetero) is 1. The number of hydrogen-bond donors (Lipinski definition) is 2. The van der Waals surface area contributed by atoms with E-state index in [1.807, 2.05) is 30.3 Å². The van der Waals surface area contributed by atoms with Crippen LogP contribution in [0.3, 0.4) is 0 Å². The molecule has 0 bridgehead atoms. The summed E-state index contributed by atoms with van der Waals surface area (Å²) < 4.78 is 0. The third kappa shape index (κ3) is 4.65. The Morgan fingerprint density at radius 1 is 1.05 bits per heavy atom. The maximum absolute atomic E-state index is 11.7. The first-order valence-corrected chi connectivity index (χ1v) is 7.31. The predicted molar refractivity (Wildman–Crippen MR) is 95.9 cm³/mol. The zero-order valence-electron chi connectivity index (χ0n) is 11.8. The Hall–Kier alpha value is -2.24. The molecule has 0 aliphatic carbocycles. The van der Waals surface area contributed by atoms with Gasteiger partial charge in [-0.05, 0) is 36.4 Å². The fourth-order valence-electron chi connectivity index (χ4n) is 1.65. The molecular formula is C16H14ClN3OS. The van der Waals surface area contributed by atoms with E-state index >= 15 is 0 Å². The zero-order chi connectivity index (χ0) is 15.9. The SMILES string of the molecule is CC(=O)/C(=N\Nc1ccc(Cl)cc1)C(=S)Nc1ccccc1. The van der Waals surface area contributed by atoms with Crippen LogP contribution < -0.4 is 10.7 Å². The van der Waals surface area contributed by atoms with Gasteiger partial charge in [-0.2, -0.15) is 5.10 Å². The summed E-state index contributed by atoms with van der Waals surface area (Å²) in [4.78, 5) is 12.0. The van der Waals surface area contributed by atoms with E-state index in [2.05, 4.69) is 15.8 Å². The summed E-state index contributed by atoms with van der Waals surface area (Å²) in [6.07, 6.45) is 0. The van der Waals surface area contributed by atoms with E-state index in [0.717, 1.165) is 5.69 Å². The highest BCUT2D eigenvalue weighted by Crippen LogP contribution is 2.13. The predicted octanol–water partition coefficient (Wildman–Crippen LogP) is 4.14. The van der Waals surface area contributed by atoms with Gasteiger partial charge in [0.2, 0.25) is 0 Å². The van der Waals surface area contributed by atoms with E-state index in [1.165, 1.54) is 6.92 Å². The minimum Gasteiger partial charge on any atom is -0.345 e. The Kier molecular flexibility index (Phi) is 5.63. The van der Waals surface area contributed by atoms with E-state index in [-0.39, 0.29) is 16.5 Å². The topological polar surface area (TPSA) is 53.5 Å². The molecule has 0 aromatic heterocycles. The van der Waals surface area contributed by atoms with Crippen LogP contribution in [0.1, 0.15) is 6.92 Å². The Balaban J connectivity index is 2.11. The van der Waals surface area contributed by atoms with Crippen molar-refractivity contribution in [2.24, 2.45) is 5.10 Å². The maximum Gasteiger partial charge on any atom is 0.182 e. The summed E-state index contributed by atoms with van der Waals surface area (Å²) in [5.74, 6) is -0.227. The summed E-state index contributed by atoms with van der Waals surface area (Å²) in [5, 5.41) is 7.70. The lowest BCUT2D eigenvalue weighted by Crippen LogP contribution is -2.27. The second-order valence-electron chi connectivity index (χ2n) is 4.46. The summed E-state index contributed by atoms with van der Waals surface area (Å²) in [5.41, 5.74) is 4.47. The van der Waals surface area contributed by atoms with Crippen molar-refractivity contribution in [3.05, 3.63) is 59.6 Å². The molecule has 0 heterocycles. The number of carbonyl (C=O) groups excluding carboxylic acids is 1. The molecule has 22 heavy (non-hydrogen) atoms. The normalized spacial score (nSPS) is 10.9. The van der Waals surface area contributed by atoms with Gasteiger partial charge in [0, 0.05) is 17.6 Å². The third-order valence-electron chi connectivity index (χ3n) is 2.72. The van der Waals surface area contributed by atoms with Gasteiger partial charge in [0.25, 0.3) is 0 Å². The Bertz CT molecular complexity index is 699. The van der Waals surface area contributed by atoms with Crippen molar-refractivity contribution < 1.29 is 4.79 Å². The van der Waals surface area contributed by atoms with Gasteiger partial charge in [0.05, 0.1) is 5.69 Å². The molecule has 0 saturated heterocycles. The molecule has 0 fully saturated rings. The molecule has 2 rings (SSSR count). The number of ketones is 1. The number of hydrogen-bond acceptors (Lipinski definition) is 4. The van der Waals surface area contributed by atoms with E-state index in [4.69, 9.17) is 23.8 Å². The molecule has 2 aromatic carbocycles. The van der Waals surface area contributed by atoms with Gasteiger partial charge < -0.3 is 5.32 Å². The van der Waals surface area contributed by atoms with E-state index in [0.29, 0.717) is 10.7 Å². The number of nitrogens with zero attached hydrogens (tertiary/aromatic N) is 1. The maximum atomic E-state index is 11.7. The van der Waals surface area contributed by atoms with Crippen molar-refractivity contribution in [2.45, 2.75) is 6.92 Å². The third-order valence-corrected chi connectivity index (χ3v) is 3.27. The smallest absolute Gasteiger partial charge is 0.182 e. The van der Waals surface area contributed by atoms with Gasteiger partial charge in [-0.15, -0.1) is 0 Å². The number of carbonyl (C=O) groups is 1. The van der Waals surface area contributed by atoms with Gasteiger partial charge in [-0.1, -0.05) is 42.0 Å². The molecule has 4 nitrogen and oxygen atoms in total. The lowest BCUT2D eigenvalue weighted by Gasteiger charge is -2.09. The number of benzene rings is 2. The van der Waals surface area contributed by atoms with Crippen LogP contribution >= 0.6 is 23.8 Å². The van der Waals surface area contributed by atoms with E-state index < -0.39 is 0 Å². The van der Waals surface area contributed by atoms with Crippen molar-refractivity contribution in [2.75, 3.05) is 10.7 Å². The highest BCUT2D eigenvalue weighted by atomic mass is 35.5. The molecule has 2 aromatic rings. The van der Waals surface area contributed by atoms with Crippen LogP contribution in [0.2, 0.25) is 5.02 Å². The molecule has 0 atom stereocenters. The summed E-state index contributed by atoms with van der Waals surface area (Å²) >= 11 is 11.1. The molecule has 0 spiro atoms. The number of nitrogens with one attached hydrogen (secondary N) is 2. The minimum absolute atomic E-state index is 0.161. The van der Waals surface area contributed by atoms with Crippen LogP contribution in [-0.4, -0.2) is 16.5 Å². The van der Waals surface area contributed by atoms with Gasteiger partial charge in [0.1, 0.15) is 4.99 Å². The quantitative estimate of drug-likeness (QED) is 0.491. The van der Waals surface area contributed by atoms with Crippen molar-refractivity contribution in [3.63, 3.8) is 0 Å². The van der Waals surface area contributed by atoms with Crippen LogP contribution in [0.4, 0.5) is 11.4 Å². The van der Waals surface area contributed by atoms with Crippen LogP contribution in [0.5, 0.6) is 0 Å². The molecule has 0 aliphatic rings. The van der Waals surface area contributed by atoms with Crippen molar-refractivity contribution in [1.29, 1.82) is 0 Å². The first-order chi connectivity index (χ1) is 10.6. The highest BCUT2D eigenvalue weighted by Gasteiger charge is 2.13. The van der Waals surface area contributed by atoms with Crippen molar-refractivity contribution in [1.82, 2.24) is 0 Å². The van der Waals surface area contributed by atoms with Gasteiger partial charge in [-0.25, -0.2) is 0 Å². The Morgan fingerprint density at radius 3 is 2.27 bits per heavy atom. The zero-order valence-corrected chi connectivity index (χ0v) is 13.4. The average Bonchev–Trinajstić information content (AvgIpc) is 2.50. The largest absolute Gasteiger partial charge is 0.345 e. The van der Waals surface area contributed by atoms with Crippen LogP contribution in [0.25, 0.3) is 0 Å². The molecule has 0 radical (unpaired) electrons. The van der Waals surface area contributed by atoms with Gasteiger partial charge in [-0.3, -0.25) is 10.2 Å². The minimum atomic E-state index is -0.227. The number of halogens is 1. The first-order valence-electron chi connectivity index (χ1n) is 6.53. The van der Waals surface area contributed by atoms with Crippen molar-refractivity contribution >= 4 is 51.7 Å². The lowest BCUT2D eigenvalue weighted by atomic mass is 10.2. The number of thiocarbonyl (C=S) groups is 1. The molecule has 112 valence electrons. The second kappa shape index (κ2) is 7.68. The van der Waals surface area contributed by atoms with E-state index in [9.17, 15) is 4.79 Å². The highest BCUT2D eigenvalue weighted by molar-refractivity contribution is 7.82. The Morgan fingerprint density at radius 2 is 1.68 bits per heavy atom. The molecule has 6 heteroatoms. The lowest BCUT2D eigenvalue weighted by molar-refractivity contribution is -0.110.